The van der Waals surface area contributed by atoms with Crippen LogP contribution < -0.4 is 10.3 Å². The van der Waals surface area contributed by atoms with Crippen LogP contribution in [0.3, 0.4) is 0 Å². The molecule has 2 aromatic carbocycles. The van der Waals surface area contributed by atoms with Crippen LogP contribution in [0, 0.1) is 6.92 Å². The van der Waals surface area contributed by atoms with Crippen molar-refractivity contribution in [2.75, 3.05) is 37.6 Å². The molecule has 0 spiro atoms. The number of aromatic nitrogens is 2. The molecule has 0 unspecified atom stereocenters. The van der Waals surface area contributed by atoms with Crippen molar-refractivity contribution in [1.82, 2.24) is 20.1 Å². The average molecular weight is 485 g/mol. The number of nitrogens with one attached hydrogen (secondary N) is 1. The van der Waals surface area contributed by atoms with E-state index in [9.17, 15) is 4.79 Å². The highest BCUT2D eigenvalue weighted by Gasteiger charge is 2.18. The molecule has 7 nitrogen and oxygen atoms in total. The van der Waals surface area contributed by atoms with Crippen molar-refractivity contribution >= 4 is 41.0 Å². The summed E-state index contributed by atoms with van der Waals surface area (Å²) in [6.07, 6.45) is 1.91. The van der Waals surface area contributed by atoms with Gasteiger partial charge in [0.2, 0.25) is 5.91 Å². The standard InChI is InChI=1S/C24H26Cl2N6O/c1-18-20(24(26)32(29-18)22-10-6-5-9-21(22)25)17-27-28-23(33)11-12-30-13-15-31(16-14-30)19-7-3-2-4-8-19/h2-10,17H,11-16H2,1H3,(H,28,33). The zero-order valence-electron chi connectivity index (χ0n) is 18.4. The van der Waals surface area contributed by atoms with Crippen LogP contribution in [-0.2, 0) is 4.79 Å². The number of rotatable bonds is 7. The minimum Gasteiger partial charge on any atom is -0.369 e. The molecule has 1 aliphatic heterocycles. The van der Waals surface area contributed by atoms with Crippen LogP contribution in [0.15, 0.2) is 59.7 Å². The van der Waals surface area contributed by atoms with E-state index in [1.807, 2.05) is 31.2 Å². The van der Waals surface area contributed by atoms with Crippen molar-refractivity contribution in [1.29, 1.82) is 0 Å². The van der Waals surface area contributed by atoms with E-state index in [2.05, 4.69) is 49.7 Å². The van der Waals surface area contributed by atoms with Gasteiger partial charge < -0.3 is 4.90 Å². The number of halogens is 2. The van der Waals surface area contributed by atoms with Gasteiger partial charge in [-0.2, -0.15) is 10.2 Å². The number of aryl methyl sites for hydroxylation is 1. The molecule has 0 atom stereocenters. The van der Waals surface area contributed by atoms with Gasteiger partial charge in [0, 0.05) is 44.8 Å². The molecule has 33 heavy (non-hydrogen) atoms. The zero-order valence-corrected chi connectivity index (χ0v) is 19.9. The lowest BCUT2D eigenvalue weighted by molar-refractivity contribution is -0.121. The molecule has 0 aliphatic carbocycles. The van der Waals surface area contributed by atoms with Gasteiger partial charge in [0.05, 0.1) is 28.2 Å². The Hall–Kier alpha value is -2.87. The van der Waals surface area contributed by atoms with E-state index in [4.69, 9.17) is 23.2 Å². The molecular formula is C24H26Cl2N6O. The van der Waals surface area contributed by atoms with E-state index >= 15 is 0 Å². The summed E-state index contributed by atoms with van der Waals surface area (Å²) in [4.78, 5) is 16.9. The molecule has 1 aliphatic rings. The first kappa shape index (κ1) is 23.3. The summed E-state index contributed by atoms with van der Waals surface area (Å²) in [7, 11) is 0. The lowest BCUT2D eigenvalue weighted by Gasteiger charge is -2.36. The normalized spacial score (nSPS) is 14.7. The van der Waals surface area contributed by atoms with Crippen molar-refractivity contribution < 1.29 is 4.79 Å². The molecule has 0 bridgehead atoms. The second kappa shape index (κ2) is 10.8. The Balaban J connectivity index is 1.26. The topological polar surface area (TPSA) is 65.8 Å². The highest BCUT2D eigenvalue weighted by atomic mass is 35.5. The predicted octanol–water partition coefficient (Wildman–Crippen LogP) is 4.15. The summed E-state index contributed by atoms with van der Waals surface area (Å²) >= 11 is 12.8. The molecule has 1 saturated heterocycles. The van der Waals surface area contributed by atoms with Crippen LogP contribution in [0.5, 0.6) is 0 Å². The molecule has 3 aromatic rings. The summed E-state index contributed by atoms with van der Waals surface area (Å²) in [6.45, 7) is 6.31. The monoisotopic (exact) mass is 484 g/mol. The van der Waals surface area contributed by atoms with Gasteiger partial charge in [-0.25, -0.2) is 10.1 Å². The van der Waals surface area contributed by atoms with Gasteiger partial charge in [-0.15, -0.1) is 0 Å². The third kappa shape index (κ3) is 5.74. The Morgan fingerprint density at radius 1 is 1.06 bits per heavy atom. The lowest BCUT2D eigenvalue weighted by Crippen LogP contribution is -2.47. The number of piperazine rings is 1. The van der Waals surface area contributed by atoms with Crippen LogP contribution in [0.25, 0.3) is 5.69 Å². The van der Waals surface area contributed by atoms with Crippen LogP contribution in [0.4, 0.5) is 5.69 Å². The van der Waals surface area contributed by atoms with Gasteiger partial charge >= 0.3 is 0 Å². The molecule has 172 valence electrons. The van der Waals surface area contributed by atoms with E-state index in [0.717, 1.165) is 26.2 Å². The molecule has 1 N–H and O–H groups in total. The fraction of sp³-hybridized carbons (Fsp3) is 0.292. The van der Waals surface area contributed by atoms with E-state index < -0.39 is 0 Å². The van der Waals surface area contributed by atoms with Crippen molar-refractivity contribution in [2.24, 2.45) is 5.10 Å². The first-order valence-electron chi connectivity index (χ1n) is 10.9. The number of hydrazone groups is 1. The fourth-order valence-electron chi connectivity index (χ4n) is 3.79. The Morgan fingerprint density at radius 2 is 1.76 bits per heavy atom. The predicted molar refractivity (Wildman–Crippen MR) is 134 cm³/mol. The minimum atomic E-state index is -0.135. The SMILES string of the molecule is Cc1nn(-c2ccccc2Cl)c(Cl)c1C=NNC(=O)CCN1CCN(c2ccccc2)CC1. The van der Waals surface area contributed by atoms with Crippen molar-refractivity contribution in [3.05, 3.63) is 76.0 Å². The molecule has 0 saturated carbocycles. The second-order valence-corrected chi connectivity index (χ2v) is 8.63. The number of hydrogen-bond acceptors (Lipinski definition) is 5. The third-order valence-corrected chi connectivity index (χ3v) is 6.34. The number of para-hydroxylation sites is 2. The second-order valence-electron chi connectivity index (χ2n) is 7.86. The number of carbonyl (C=O) groups excluding carboxylic acids is 1. The van der Waals surface area contributed by atoms with Gasteiger partial charge in [-0.3, -0.25) is 9.69 Å². The molecule has 2 heterocycles. The number of nitrogens with zero attached hydrogens (tertiary/aromatic N) is 5. The van der Waals surface area contributed by atoms with Crippen molar-refractivity contribution in [2.45, 2.75) is 13.3 Å². The minimum absolute atomic E-state index is 0.135. The molecule has 1 fully saturated rings. The molecule has 4 rings (SSSR count). The maximum absolute atomic E-state index is 12.3. The molecule has 0 radical (unpaired) electrons. The molecule has 1 aromatic heterocycles. The van der Waals surface area contributed by atoms with Crippen LogP contribution in [-0.4, -0.2) is 59.5 Å². The Labute approximate surface area is 203 Å². The Morgan fingerprint density at radius 3 is 2.48 bits per heavy atom. The summed E-state index contributed by atoms with van der Waals surface area (Å²) in [5.74, 6) is -0.135. The van der Waals surface area contributed by atoms with Gasteiger partial charge in [-0.1, -0.05) is 53.5 Å². The van der Waals surface area contributed by atoms with Crippen LogP contribution in [0.1, 0.15) is 17.7 Å². The van der Waals surface area contributed by atoms with E-state index in [0.29, 0.717) is 40.1 Å². The highest BCUT2D eigenvalue weighted by Crippen LogP contribution is 2.26. The quantitative estimate of drug-likeness (QED) is 0.404. The van der Waals surface area contributed by atoms with E-state index in [1.54, 1.807) is 10.7 Å². The number of anilines is 1. The van der Waals surface area contributed by atoms with Crippen molar-refractivity contribution in [3.63, 3.8) is 0 Å². The Bertz CT molecular complexity index is 1120. The van der Waals surface area contributed by atoms with E-state index in [1.165, 1.54) is 11.9 Å². The van der Waals surface area contributed by atoms with E-state index in [-0.39, 0.29) is 5.91 Å². The number of amides is 1. The van der Waals surface area contributed by atoms with Crippen molar-refractivity contribution in [3.8, 4) is 5.69 Å². The van der Waals surface area contributed by atoms with Gasteiger partial charge in [-0.05, 0) is 31.2 Å². The summed E-state index contributed by atoms with van der Waals surface area (Å²) in [6, 6.07) is 17.7. The third-order valence-electron chi connectivity index (χ3n) is 5.66. The van der Waals surface area contributed by atoms with Gasteiger partial charge in [0.1, 0.15) is 5.15 Å². The number of benzene rings is 2. The molecular weight excluding hydrogens is 459 g/mol. The maximum atomic E-state index is 12.3. The maximum Gasteiger partial charge on any atom is 0.241 e. The summed E-state index contributed by atoms with van der Waals surface area (Å²) in [5.41, 5.74) is 5.84. The smallest absolute Gasteiger partial charge is 0.241 e. The number of hydrogen-bond donors (Lipinski definition) is 1. The highest BCUT2D eigenvalue weighted by molar-refractivity contribution is 6.34. The molecule has 9 heteroatoms. The van der Waals surface area contributed by atoms with Crippen LogP contribution in [0.2, 0.25) is 10.2 Å². The Kier molecular flexibility index (Phi) is 7.65. The lowest BCUT2D eigenvalue weighted by atomic mass is 10.2. The van der Waals surface area contributed by atoms with Gasteiger partial charge in [0.15, 0.2) is 0 Å². The average Bonchev–Trinajstić information content (AvgIpc) is 3.12. The fourth-order valence-corrected chi connectivity index (χ4v) is 4.32. The number of carbonyl (C=O) groups is 1. The molecule has 1 amide bonds. The zero-order chi connectivity index (χ0) is 23.2. The first-order chi connectivity index (χ1) is 16.0. The van der Waals surface area contributed by atoms with Gasteiger partial charge in [0.25, 0.3) is 0 Å². The first-order valence-corrected chi connectivity index (χ1v) is 11.6. The summed E-state index contributed by atoms with van der Waals surface area (Å²) in [5, 5.41) is 9.47. The van der Waals surface area contributed by atoms with Crippen LogP contribution >= 0.6 is 23.2 Å². The largest absolute Gasteiger partial charge is 0.369 e. The summed E-state index contributed by atoms with van der Waals surface area (Å²) < 4.78 is 1.57.